The lowest BCUT2D eigenvalue weighted by Crippen LogP contribution is -2.40. The minimum atomic E-state index is -0.267. The topological polar surface area (TPSA) is 67.2 Å². The maximum absolute atomic E-state index is 13.0. The molecule has 1 saturated heterocycles. The summed E-state index contributed by atoms with van der Waals surface area (Å²) in [4.78, 5) is 33.1. The molecule has 0 spiro atoms. The van der Waals surface area contributed by atoms with Gasteiger partial charge in [0.15, 0.2) is 5.16 Å². The third-order valence-electron chi connectivity index (χ3n) is 6.55. The number of aromatic nitrogens is 2. The van der Waals surface area contributed by atoms with Crippen LogP contribution in [-0.2, 0) is 18.3 Å². The number of likely N-dealkylation sites (tertiary alicyclic amines) is 1. The number of benzene rings is 1. The second-order valence-corrected chi connectivity index (χ2v) is 10.2. The Balaban J connectivity index is 1.58. The standard InChI is InChI=1S/C26H38N4O2S/c1-5-23(24(31)27-15-11-17-30-16-10-9-12-19(30)2)33-26-28-20(3)22(25(32)29(26)4)18-21-13-7-6-8-14-21/h6-8,13-14,19,23H,5,9-12,15-18H2,1-4H3,(H,27,31). The van der Waals surface area contributed by atoms with Crippen molar-refractivity contribution in [1.82, 2.24) is 19.8 Å². The van der Waals surface area contributed by atoms with Crippen molar-refractivity contribution in [2.75, 3.05) is 19.6 Å². The molecule has 2 atom stereocenters. The van der Waals surface area contributed by atoms with E-state index in [1.165, 1.54) is 37.6 Å². The Labute approximate surface area is 202 Å². The van der Waals surface area contributed by atoms with Gasteiger partial charge in [-0.3, -0.25) is 14.2 Å². The summed E-state index contributed by atoms with van der Waals surface area (Å²) < 4.78 is 1.59. The lowest BCUT2D eigenvalue weighted by molar-refractivity contribution is -0.120. The average molecular weight is 471 g/mol. The highest BCUT2D eigenvalue weighted by Crippen LogP contribution is 2.24. The van der Waals surface area contributed by atoms with Gasteiger partial charge in [0.05, 0.1) is 5.25 Å². The van der Waals surface area contributed by atoms with E-state index in [4.69, 9.17) is 4.98 Å². The molecule has 1 aliphatic heterocycles. The molecule has 1 amide bonds. The Bertz CT molecular complexity index is 976. The number of carbonyl (C=O) groups is 1. The number of hydrogen-bond acceptors (Lipinski definition) is 5. The summed E-state index contributed by atoms with van der Waals surface area (Å²) >= 11 is 1.38. The molecule has 3 rings (SSSR count). The van der Waals surface area contributed by atoms with Gasteiger partial charge < -0.3 is 10.2 Å². The van der Waals surface area contributed by atoms with E-state index in [-0.39, 0.29) is 16.7 Å². The van der Waals surface area contributed by atoms with Crippen LogP contribution in [0.4, 0.5) is 0 Å². The maximum Gasteiger partial charge on any atom is 0.257 e. The molecule has 2 unspecified atom stereocenters. The maximum atomic E-state index is 13.0. The third kappa shape index (κ3) is 6.93. The minimum Gasteiger partial charge on any atom is -0.355 e. The van der Waals surface area contributed by atoms with Crippen LogP contribution in [0.15, 0.2) is 40.3 Å². The highest BCUT2D eigenvalue weighted by atomic mass is 32.2. The molecule has 0 bridgehead atoms. The van der Waals surface area contributed by atoms with Crippen molar-refractivity contribution in [2.24, 2.45) is 7.05 Å². The lowest BCUT2D eigenvalue weighted by atomic mass is 10.0. The number of thioether (sulfide) groups is 1. The smallest absolute Gasteiger partial charge is 0.257 e. The summed E-state index contributed by atoms with van der Waals surface area (Å²) in [6, 6.07) is 10.6. The number of nitrogens with zero attached hydrogens (tertiary/aromatic N) is 3. The van der Waals surface area contributed by atoms with Crippen molar-refractivity contribution in [3.63, 3.8) is 0 Å². The first kappa shape index (κ1) is 25.5. The Kier molecular flexibility index (Phi) is 9.56. The zero-order valence-corrected chi connectivity index (χ0v) is 21.3. The Morgan fingerprint density at radius 3 is 2.73 bits per heavy atom. The van der Waals surface area contributed by atoms with E-state index in [0.29, 0.717) is 36.1 Å². The number of amides is 1. The van der Waals surface area contributed by atoms with Crippen molar-refractivity contribution in [3.8, 4) is 0 Å². The van der Waals surface area contributed by atoms with Gasteiger partial charge in [-0.2, -0.15) is 0 Å². The predicted molar refractivity (Wildman–Crippen MR) is 136 cm³/mol. The number of rotatable bonds is 10. The molecule has 33 heavy (non-hydrogen) atoms. The number of piperidine rings is 1. The van der Waals surface area contributed by atoms with Crippen LogP contribution in [0.25, 0.3) is 0 Å². The number of hydrogen-bond donors (Lipinski definition) is 1. The van der Waals surface area contributed by atoms with Crippen LogP contribution in [0.1, 0.15) is 62.8 Å². The zero-order chi connectivity index (χ0) is 23.8. The van der Waals surface area contributed by atoms with Crippen LogP contribution in [-0.4, -0.2) is 51.3 Å². The van der Waals surface area contributed by atoms with Crippen LogP contribution in [0.2, 0.25) is 0 Å². The third-order valence-corrected chi connectivity index (χ3v) is 7.95. The largest absolute Gasteiger partial charge is 0.355 e. The van der Waals surface area contributed by atoms with E-state index in [9.17, 15) is 9.59 Å². The molecule has 2 heterocycles. The van der Waals surface area contributed by atoms with E-state index < -0.39 is 0 Å². The Morgan fingerprint density at radius 1 is 1.27 bits per heavy atom. The molecule has 7 heteroatoms. The van der Waals surface area contributed by atoms with Gasteiger partial charge >= 0.3 is 0 Å². The monoisotopic (exact) mass is 470 g/mol. The SMILES string of the molecule is CCC(Sc1nc(C)c(Cc2ccccc2)c(=O)n1C)C(=O)NCCCN1CCCCC1C. The lowest BCUT2D eigenvalue weighted by Gasteiger charge is -2.33. The molecular formula is C26H38N4O2S. The van der Waals surface area contributed by atoms with Crippen molar-refractivity contribution in [1.29, 1.82) is 0 Å². The summed E-state index contributed by atoms with van der Waals surface area (Å²) in [6.45, 7) is 9.06. The molecule has 1 aromatic carbocycles. The van der Waals surface area contributed by atoms with Gasteiger partial charge in [-0.25, -0.2) is 4.98 Å². The predicted octanol–water partition coefficient (Wildman–Crippen LogP) is 3.93. The van der Waals surface area contributed by atoms with E-state index >= 15 is 0 Å². The van der Waals surface area contributed by atoms with E-state index in [1.54, 1.807) is 11.6 Å². The fourth-order valence-electron chi connectivity index (χ4n) is 4.39. The van der Waals surface area contributed by atoms with E-state index in [1.807, 2.05) is 44.2 Å². The molecule has 1 fully saturated rings. The van der Waals surface area contributed by atoms with Gasteiger partial charge in [-0.15, -0.1) is 0 Å². The minimum absolute atomic E-state index is 0.0226. The molecule has 1 aliphatic rings. The number of nitrogens with one attached hydrogen (secondary N) is 1. The first-order chi connectivity index (χ1) is 15.9. The molecule has 6 nitrogen and oxygen atoms in total. The second-order valence-electron chi connectivity index (χ2n) is 9.02. The van der Waals surface area contributed by atoms with Gasteiger partial charge in [0, 0.05) is 43.9 Å². The summed E-state index contributed by atoms with van der Waals surface area (Å²) in [6.07, 6.45) is 6.08. The molecule has 0 radical (unpaired) electrons. The van der Waals surface area contributed by atoms with Crippen molar-refractivity contribution in [3.05, 3.63) is 57.5 Å². The van der Waals surface area contributed by atoms with Crippen molar-refractivity contribution < 1.29 is 4.79 Å². The van der Waals surface area contributed by atoms with E-state index in [0.717, 1.165) is 24.2 Å². The highest BCUT2D eigenvalue weighted by Gasteiger charge is 2.22. The summed E-state index contributed by atoms with van der Waals surface area (Å²) in [5.41, 5.74) is 2.48. The highest BCUT2D eigenvalue weighted by molar-refractivity contribution is 8.00. The molecule has 180 valence electrons. The first-order valence-corrected chi connectivity index (χ1v) is 13.1. The van der Waals surface area contributed by atoms with Crippen LogP contribution in [0.3, 0.4) is 0 Å². The van der Waals surface area contributed by atoms with Gasteiger partial charge in [0.25, 0.3) is 5.56 Å². The Hall–Kier alpha value is -2.12. The fraction of sp³-hybridized carbons (Fsp3) is 0.577. The zero-order valence-electron chi connectivity index (χ0n) is 20.5. The molecule has 1 aromatic heterocycles. The molecule has 1 N–H and O–H groups in total. The fourth-order valence-corrected chi connectivity index (χ4v) is 5.43. The second kappa shape index (κ2) is 12.4. The molecule has 0 aliphatic carbocycles. The van der Waals surface area contributed by atoms with Crippen LogP contribution < -0.4 is 10.9 Å². The summed E-state index contributed by atoms with van der Waals surface area (Å²) in [5.74, 6) is 0.0226. The van der Waals surface area contributed by atoms with Crippen molar-refractivity contribution in [2.45, 2.75) is 75.7 Å². The first-order valence-electron chi connectivity index (χ1n) is 12.2. The Morgan fingerprint density at radius 2 is 2.03 bits per heavy atom. The van der Waals surface area contributed by atoms with Crippen LogP contribution in [0.5, 0.6) is 0 Å². The number of aryl methyl sites for hydroxylation is 1. The summed E-state index contributed by atoms with van der Waals surface area (Å²) in [7, 11) is 1.75. The van der Waals surface area contributed by atoms with Gasteiger partial charge in [-0.05, 0) is 51.6 Å². The van der Waals surface area contributed by atoms with Crippen LogP contribution >= 0.6 is 11.8 Å². The van der Waals surface area contributed by atoms with Gasteiger partial charge in [-0.1, -0.05) is 55.4 Å². The van der Waals surface area contributed by atoms with Gasteiger partial charge in [0.1, 0.15) is 0 Å². The van der Waals surface area contributed by atoms with Crippen LogP contribution in [0, 0.1) is 6.92 Å². The summed E-state index contributed by atoms with van der Waals surface area (Å²) in [5, 5.41) is 3.43. The van der Waals surface area contributed by atoms with E-state index in [2.05, 4.69) is 17.1 Å². The van der Waals surface area contributed by atoms with Crippen molar-refractivity contribution >= 4 is 17.7 Å². The molecule has 2 aromatic rings. The number of carbonyl (C=O) groups excluding carboxylic acids is 1. The average Bonchev–Trinajstić information content (AvgIpc) is 2.82. The normalized spacial score (nSPS) is 17.6. The molecular weight excluding hydrogens is 432 g/mol. The quantitative estimate of drug-likeness (QED) is 0.324. The molecule has 0 saturated carbocycles. The van der Waals surface area contributed by atoms with Gasteiger partial charge in [0.2, 0.25) is 5.91 Å².